The molecule has 0 aliphatic carbocycles. The van der Waals surface area contributed by atoms with Crippen LogP contribution in [0.15, 0.2) is 0 Å². The maximum Gasteiger partial charge on any atom is 0.523 e. The average Bonchev–Trinajstić information content (AvgIpc) is 2.10. The standard InChI is InChI=1S/C5H5F3O6S2/c1-2-3-13-15(9,10)4-14-16(11,12)5(6,7)8/h1H,3-4H2. The van der Waals surface area contributed by atoms with Gasteiger partial charge in [-0.2, -0.15) is 30.0 Å². The molecular formula is C5H5F3O6S2. The highest BCUT2D eigenvalue weighted by molar-refractivity contribution is 7.90. The van der Waals surface area contributed by atoms with Gasteiger partial charge in [0.1, 0.15) is 6.61 Å². The van der Waals surface area contributed by atoms with Crippen LogP contribution < -0.4 is 0 Å². The van der Waals surface area contributed by atoms with E-state index in [1.807, 2.05) is 0 Å². The van der Waals surface area contributed by atoms with Gasteiger partial charge in [-0.1, -0.05) is 5.92 Å². The molecule has 0 bridgehead atoms. The van der Waals surface area contributed by atoms with E-state index in [0.29, 0.717) is 0 Å². The van der Waals surface area contributed by atoms with Crippen molar-refractivity contribution in [2.24, 2.45) is 0 Å². The zero-order chi connectivity index (χ0) is 13.0. The van der Waals surface area contributed by atoms with Gasteiger partial charge >= 0.3 is 15.6 Å². The van der Waals surface area contributed by atoms with E-state index < -0.39 is 38.3 Å². The third-order valence-corrected chi connectivity index (χ3v) is 2.98. The Morgan fingerprint density at radius 2 is 1.62 bits per heavy atom. The molecule has 0 radical (unpaired) electrons. The van der Waals surface area contributed by atoms with Crippen molar-refractivity contribution < 1.29 is 38.4 Å². The fourth-order valence-electron chi connectivity index (χ4n) is 0.347. The summed E-state index contributed by atoms with van der Waals surface area (Å²) in [5.74, 6) is -0.0725. The van der Waals surface area contributed by atoms with Crippen LogP contribution in [0.25, 0.3) is 0 Å². The fraction of sp³-hybridized carbons (Fsp3) is 0.600. The first-order chi connectivity index (χ1) is 7.02. The zero-order valence-electron chi connectivity index (χ0n) is 7.39. The molecule has 0 unspecified atom stereocenters. The third kappa shape index (κ3) is 4.79. The summed E-state index contributed by atoms with van der Waals surface area (Å²) in [6.07, 6.45) is 4.61. The van der Waals surface area contributed by atoms with Crippen LogP contribution >= 0.6 is 0 Å². The zero-order valence-corrected chi connectivity index (χ0v) is 9.02. The van der Waals surface area contributed by atoms with Crippen molar-refractivity contribution in [3.8, 4) is 12.3 Å². The number of rotatable bonds is 5. The molecular weight excluding hydrogens is 277 g/mol. The van der Waals surface area contributed by atoms with Gasteiger partial charge in [-0.3, -0.25) is 4.18 Å². The van der Waals surface area contributed by atoms with Crippen LogP contribution in [0.4, 0.5) is 13.2 Å². The Bertz CT molecular complexity index is 467. The smallest absolute Gasteiger partial charge is 0.255 e. The topological polar surface area (TPSA) is 86.7 Å². The normalized spacial score (nSPS) is 13.4. The van der Waals surface area contributed by atoms with E-state index in [0.717, 1.165) is 0 Å². The van der Waals surface area contributed by atoms with Crippen LogP contribution in [0.3, 0.4) is 0 Å². The highest BCUT2D eigenvalue weighted by Gasteiger charge is 2.48. The number of hydrogen-bond acceptors (Lipinski definition) is 6. The minimum Gasteiger partial charge on any atom is -0.255 e. The van der Waals surface area contributed by atoms with Crippen molar-refractivity contribution in [1.82, 2.24) is 0 Å². The lowest BCUT2D eigenvalue weighted by Gasteiger charge is -2.07. The summed E-state index contributed by atoms with van der Waals surface area (Å²) in [5.41, 5.74) is -5.70. The van der Waals surface area contributed by atoms with E-state index in [9.17, 15) is 30.0 Å². The van der Waals surface area contributed by atoms with E-state index >= 15 is 0 Å². The van der Waals surface area contributed by atoms with E-state index in [-0.39, 0.29) is 0 Å². The second kappa shape index (κ2) is 5.00. The quantitative estimate of drug-likeness (QED) is 0.394. The van der Waals surface area contributed by atoms with E-state index in [4.69, 9.17) is 0 Å². The molecule has 0 saturated heterocycles. The third-order valence-electron chi connectivity index (χ3n) is 0.953. The van der Waals surface area contributed by atoms with Gasteiger partial charge in [0, 0.05) is 0 Å². The SMILES string of the molecule is C#CCOS(=O)(=O)COS(=O)(=O)C(F)(F)F. The molecule has 0 atom stereocenters. The van der Waals surface area contributed by atoms with E-state index in [1.165, 1.54) is 0 Å². The van der Waals surface area contributed by atoms with Crippen LogP contribution in [0.5, 0.6) is 0 Å². The molecule has 0 aromatic carbocycles. The summed E-state index contributed by atoms with van der Waals surface area (Å²) < 4.78 is 84.0. The summed E-state index contributed by atoms with van der Waals surface area (Å²) in [6, 6.07) is 0. The first-order valence-corrected chi connectivity index (χ1v) is 6.26. The highest BCUT2D eigenvalue weighted by atomic mass is 32.2. The molecule has 0 aromatic heterocycles. The fourth-order valence-corrected chi connectivity index (χ4v) is 1.77. The van der Waals surface area contributed by atoms with E-state index in [1.54, 1.807) is 5.92 Å². The lowest BCUT2D eigenvalue weighted by atomic mass is 10.8. The molecule has 0 saturated carbocycles. The predicted octanol–water partition coefficient (Wildman–Crippen LogP) is -0.210. The van der Waals surface area contributed by atoms with Crippen molar-refractivity contribution in [2.45, 2.75) is 5.51 Å². The Balaban J connectivity index is 4.55. The van der Waals surface area contributed by atoms with Gasteiger partial charge in [-0.05, 0) is 0 Å². The van der Waals surface area contributed by atoms with Crippen LogP contribution in [-0.2, 0) is 28.6 Å². The van der Waals surface area contributed by atoms with Gasteiger partial charge in [-0.15, -0.1) is 6.42 Å². The summed E-state index contributed by atoms with van der Waals surface area (Å²) in [7, 11) is -10.5. The molecule has 0 N–H and O–H groups in total. The minimum absolute atomic E-state index is 0.738. The molecule has 0 aliphatic heterocycles. The van der Waals surface area contributed by atoms with Crippen LogP contribution in [-0.4, -0.2) is 34.9 Å². The summed E-state index contributed by atoms with van der Waals surface area (Å²) >= 11 is 0. The predicted molar refractivity (Wildman–Crippen MR) is 44.6 cm³/mol. The monoisotopic (exact) mass is 282 g/mol. The van der Waals surface area contributed by atoms with Crippen molar-refractivity contribution in [2.75, 3.05) is 12.5 Å². The maximum atomic E-state index is 11.7. The van der Waals surface area contributed by atoms with Crippen LogP contribution in [0, 0.1) is 12.3 Å². The van der Waals surface area contributed by atoms with Gasteiger partial charge in [0.2, 0.25) is 0 Å². The maximum absolute atomic E-state index is 11.7. The molecule has 0 fully saturated rings. The van der Waals surface area contributed by atoms with Crippen molar-refractivity contribution in [3.05, 3.63) is 0 Å². The molecule has 0 heterocycles. The molecule has 0 aromatic rings. The Morgan fingerprint density at radius 1 is 1.12 bits per heavy atom. The van der Waals surface area contributed by atoms with Crippen molar-refractivity contribution in [1.29, 1.82) is 0 Å². The molecule has 6 nitrogen and oxygen atoms in total. The molecule has 0 spiro atoms. The molecule has 16 heavy (non-hydrogen) atoms. The van der Waals surface area contributed by atoms with Crippen LogP contribution in [0.1, 0.15) is 0 Å². The summed E-state index contributed by atoms with van der Waals surface area (Å²) in [6.45, 7) is -0.738. The van der Waals surface area contributed by atoms with Gasteiger partial charge in [0.05, 0.1) is 0 Å². The molecule has 0 amide bonds. The lowest BCUT2D eigenvalue weighted by molar-refractivity contribution is -0.0531. The van der Waals surface area contributed by atoms with E-state index in [2.05, 4.69) is 14.8 Å². The number of halogens is 3. The Hall–Kier alpha value is -0.830. The van der Waals surface area contributed by atoms with Crippen molar-refractivity contribution in [3.63, 3.8) is 0 Å². The second-order valence-corrected chi connectivity index (χ2v) is 5.35. The first kappa shape index (κ1) is 15.2. The van der Waals surface area contributed by atoms with Gasteiger partial charge < -0.3 is 0 Å². The lowest BCUT2D eigenvalue weighted by Crippen LogP contribution is -2.28. The molecule has 0 rings (SSSR count). The molecule has 11 heteroatoms. The van der Waals surface area contributed by atoms with Crippen molar-refractivity contribution >= 4 is 20.2 Å². The Morgan fingerprint density at radius 3 is 2.00 bits per heavy atom. The first-order valence-electron chi connectivity index (χ1n) is 3.28. The number of alkyl halides is 3. The van der Waals surface area contributed by atoms with Gasteiger partial charge in [-0.25, -0.2) is 4.18 Å². The average molecular weight is 282 g/mol. The summed E-state index contributed by atoms with van der Waals surface area (Å²) in [4.78, 5) is 0. The highest BCUT2D eigenvalue weighted by Crippen LogP contribution is 2.24. The number of hydrogen-bond donors (Lipinski definition) is 0. The second-order valence-electron chi connectivity index (χ2n) is 2.16. The van der Waals surface area contributed by atoms with Crippen LogP contribution in [0.2, 0.25) is 0 Å². The Labute approximate surface area is 89.6 Å². The Kier molecular flexibility index (Phi) is 4.74. The number of terminal acetylenes is 1. The van der Waals surface area contributed by atoms with Gasteiger partial charge in [0.25, 0.3) is 10.1 Å². The molecule has 0 aliphatic rings. The largest absolute Gasteiger partial charge is 0.523 e. The van der Waals surface area contributed by atoms with Gasteiger partial charge in [0.15, 0.2) is 5.94 Å². The molecule has 94 valence electrons. The minimum atomic E-state index is -5.97. The summed E-state index contributed by atoms with van der Waals surface area (Å²) in [5, 5.41) is 0.